The number of anilines is 1. The van der Waals surface area contributed by atoms with E-state index < -0.39 is 5.91 Å². The van der Waals surface area contributed by atoms with E-state index in [1.54, 1.807) is 6.07 Å². The molecule has 5 nitrogen and oxygen atoms in total. The van der Waals surface area contributed by atoms with Crippen LogP contribution in [0, 0.1) is 29.6 Å². The number of para-hydroxylation sites is 1. The van der Waals surface area contributed by atoms with Crippen LogP contribution in [-0.2, 0) is 24.2 Å². The van der Waals surface area contributed by atoms with Gasteiger partial charge in [-0.25, -0.2) is 0 Å². The van der Waals surface area contributed by atoms with E-state index in [9.17, 15) is 15.3 Å². The summed E-state index contributed by atoms with van der Waals surface area (Å²) in [6.07, 6.45) is 5.46. The smallest absolute Gasteiger partial charge is 0.266 e. The highest BCUT2D eigenvalue weighted by molar-refractivity contribution is 7.16. The summed E-state index contributed by atoms with van der Waals surface area (Å²) in [5.74, 6) is 0.0591. The molecule has 0 radical (unpaired) electrons. The van der Waals surface area contributed by atoms with E-state index in [4.69, 9.17) is 4.74 Å². The number of carbonyl (C=O) groups excluding carboxylic acids is 1. The molecule has 0 unspecified atom stereocenters. The number of nitriles is 2. The van der Waals surface area contributed by atoms with Gasteiger partial charge in [0, 0.05) is 10.4 Å². The Balaban J connectivity index is 1.54. The maximum atomic E-state index is 12.9. The first-order valence-corrected chi connectivity index (χ1v) is 11.7. The predicted molar refractivity (Wildman–Crippen MR) is 130 cm³/mol. The molecule has 0 fully saturated rings. The van der Waals surface area contributed by atoms with Crippen molar-refractivity contribution in [1.29, 1.82) is 10.5 Å². The van der Waals surface area contributed by atoms with Gasteiger partial charge < -0.3 is 10.1 Å². The molecule has 1 aliphatic carbocycles. The van der Waals surface area contributed by atoms with E-state index in [2.05, 4.69) is 11.4 Å². The first-order chi connectivity index (χ1) is 16.1. The van der Waals surface area contributed by atoms with Gasteiger partial charge in [0.1, 0.15) is 35.1 Å². The topological polar surface area (TPSA) is 85.9 Å². The first-order valence-electron chi connectivity index (χ1n) is 10.8. The molecule has 0 saturated heterocycles. The molecule has 1 amide bonds. The Kier molecular flexibility index (Phi) is 6.88. The lowest BCUT2D eigenvalue weighted by molar-refractivity contribution is -0.112. The van der Waals surface area contributed by atoms with Crippen LogP contribution in [0.3, 0.4) is 0 Å². The van der Waals surface area contributed by atoms with Gasteiger partial charge in [-0.2, -0.15) is 10.5 Å². The molecule has 4 rings (SSSR count). The quantitative estimate of drug-likeness (QED) is 0.370. The monoisotopic (exact) mass is 453 g/mol. The number of amides is 1. The number of aryl methyl sites for hydroxylation is 2. The number of benzene rings is 2. The van der Waals surface area contributed by atoms with Gasteiger partial charge in [0.25, 0.3) is 5.91 Å². The van der Waals surface area contributed by atoms with Gasteiger partial charge in [0.15, 0.2) is 0 Å². The van der Waals surface area contributed by atoms with Gasteiger partial charge in [-0.05, 0) is 55.9 Å². The maximum absolute atomic E-state index is 12.9. The molecule has 1 aliphatic rings. The van der Waals surface area contributed by atoms with Gasteiger partial charge >= 0.3 is 0 Å². The Morgan fingerprint density at radius 2 is 1.88 bits per heavy atom. The Hall–Kier alpha value is -3.87. The van der Waals surface area contributed by atoms with Crippen molar-refractivity contribution in [3.63, 3.8) is 0 Å². The number of thiophene rings is 1. The summed E-state index contributed by atoms with van der Waals surface area (Å²) in [4.78, 5) is 14.1. The average molecular weight is 454 g/mol. The molecule has 0 aliphatic heterocycles. The highest BCUT2D eigenvalue weighted by atomic mass is 32.1. The number of ether oxygens (including phenoxy) is 1. The molecule has 33 heavy (non-hydrogen) atoms. The third kappa shape index (κ3) is 5.14. The minimum atomic E-state index is -0.527. The third-order valence-corrected chi connectivity index (χ3v) is 6.82. The summed E-state index contributed by atoms with van der Waals surface area (Å²) in [5, 5.41) is 22.6. The molecular formula is C27H23N3O2S. The number of carbonyl (C=O) groups is 1. The van der Waals surface area contributed by atoms with Crippen LogP contribution in [0.4, 0.5) is 5.00 Å². The number of rotatable bonds is 6. The molecule has 0 atom stereocenters. The van der Waals surface area contributed by atoms with E-state index in [0.717, 1.165) is 41.7 Å². The van der Waals surface area contributed by atoms with Gasteiger partial charge in [-0.1, -0.05) is 48.0 Å². The van der Waals surface area contributed by atoms with Crippen molar-refractivity contribution in [2.45, 2.75) is 39.2 Å². The molecule has 1 aromatic heterocycles. The van der Waals surface area contributed by atoms with Crippen LogP contribution >= 0.6 is 11.3 Å². The number of nitrogens with one attached hydrogen (secondary N) is 1. The largest absolute Gasteiger partial charge is 0.488 e. The van der Waals surface area contributed by atoms with Gasteiger partial charge in [-0.3, -0.25) is 4.79 Å². The fraction of sp³-hybridized carbons (Fsp3) is 0.222. The van der Waals surface area contributed by atoms with Crippen LogP contribution in [0.15, 0.2) is 54.1 Å². The zero-order valence-corrected chi connectivity index (χ0v) is 19.2. The lowest BCUT2D eigenvalue weighted by Gasteiger charge is -2.10. The van der Waals surface area contributed by atoms with E-state index in [1.165, 1.54) is 23.0 Å². The van der Waals surface area contributed by atoms with Crippen LogP contribution in [0.2, 0.25) is 0 Å². The lowest BCUT2D eigenvalue weighted by atomic mass is 9.96. The second-order valence-corrected chi connectivity index (χ2v) is 9.07. The summed E-state index contributed by atoms with van der Waals surface area (Å²) >= 11 is 1.44. The van der Waals surface area contributed by atoms with Crippen molar-refractivity contribution in [2.24, 2.45) is 0 Å². The maximum Gasteiger partial charge on any atom is 0.266 e. The Morgan fingerprint density at radius 3 is 2.64 bits per heavy atom. The number of hydrogen-bond acceptors (Lipinski definition) is 5. The Bertz CT molecular complexity index is 1290. The van der Waals surface area contributed by atoms with Crippen LogP contribution in [0.25, 0.3) is 6.08 Å². The van der Waals surface area contributed by atoms with Crippen molar-refractivity contribution in [2.75, 3.05) is 5.32 Å². The van der Waals surface area contributed by atoms with Crippen molar-refractivity contribution in [1.82, 2.24) is 0 Å². The zero-order chi connectivity index (χ0) is 23.2. The van der Waals surface area contributed by atoms with Crippen molar-refractivity contribution < 1.29 is 9.53 Å². The fourth-order valence-electron chi connectivity index (χ4n) is 3.82. The van der Waals surface area contributed by atoms with Gasteiger partial charge in [-0.15, -0.1) is 11.3 Å². The van der Waals surface area contributed by atoms with Crippen molar-refractivity contribution in [3.05, 3.63) is 86.8 Å². The average Bonchev–Trinajstić information content (AvgIpc) is 3.19. The summed E-state index contributed by atoms with van der Waals surface area (Å²) in [7, 11) is 0. The molecule has 0 saturated carbocycles. The van der Waals surface area contributed by atoms with Crippen LogP contribution in [0.5, 0.6) is 5.75 Å². The van der Waals surface area contributed by atoms with E-state index in [-0.39, 0.29) is 5.57 Å². The molecule has 3 aromatic rings. The van der Waals surface area contributed by atoms with Gasteiger partial charge in [0.2, 0.25) is 0 Å². The predicted octanol–water partition coefficient (Wildman–Crippen LogP) is 5.93. The normalized spacial score (nSPS) is 12.9. The van der Waals surface area contributed by atoms with Crippen LogP contribution < -0.4 is 10.1 Å². The number of nitrogens with zero attached hydrogens (tertiary/aromatic N) is 2. The first kappa shape index (κ1) is 22.3. The standard InChI is InChI=1S/C27H23N3O2S/c1-18-10-12-19(13-11-18)17-32-24-8-4-2-6-20(24)14-21(15-28)26(31)30-27-23(16-29)22-7-3-5-9-25(22)33-27/h2,4,6,8,10-14H,3,5,7,9,17H2,1H3,(H,30,31). The molecule has 1 N–H and O–H groups in total. The Morgan fingerprint density at radius 1 is 1.12 bits per heavy atom. The van der Waals surface area contributed by atoms with E-state index in [0.29, 0.717) is 28.5 Å². The molecular weight excluding hydrogens is 430 g/mol. The lowest BCUT2D eigenvalue weighted by Crippen LogP contribution is -2.13. The summed E-state index contributed by atoms with van der Waals surface area (Å²) in [6.45, 7) is 2.41. The highest BCUT2D eigenvalue weighted by Crippen LogP contribution is 2.37. The molecule has 164 valence electrons. The van der Waals surface area contributed by atoms with Crippen molar-refractivity contribution >= 4 is 28.3 Å². The minimum absolute atomic E-state index is 0.0448. The Labute approximate surface area is 197 Å². The second-order valence-electron chi connectivity index (χ2n) is 7.96. The van der Waals surface area contributed by atoms with Crippen LogP contribution in [0.1, 0.15) is 45.5 Å². The van der Waals surface area contributed by atoms with E-state index in [1.807, 2.05) is 55.5 Å². The number of hydrogen-bond donors (Lipinski definition) is 1. The minimum Gasteiger partial charge on any atom is -0.488 e. The fourth-order valence-corrected chi connectivity index (χ4v) is 5.06. The van der Waals surface area contributed by atoms with E-state index >= 15 is 0 Å². The SMILES string of the molecule is Cc1ccc(COc2ccccc2C=C(C#N)C(=O)Nc2sc3c(c2C#N)CCCC3)cc1. The van der Waals surface area contributed by atoms with Crippen LogP contribution in [-0.4, -0.2) is 5.91 Å². The molecule has 0 bridgehead atoms. The third-order valence-electron chi connectivity index (χ3n) is 5.61. The molecule has 1 heterocycles. The highest BCUT2D eigenvalue weighted by Gasteiger charge is 2.22. The molecule has 0 spiro atoms. The summed E-state index contributed by atoms with van der Waals surface area (Å²) in [5.41, 5.74) is 4.38. The second kappa shape index (κ2) is 10.2. The van der Waals surface area contributed by atoms with Gasteiger partial charge in [0.05, 0.1) is 5.56 Å². The zero-order valence-electron chi connectivity index (χ0n) is 18.4. The summed E-state index contributed by atoms with van der Waals surface area (Å²) in [6, 6.07) is 19.6. The van der Waals surface area contributed by atoms with Crippen molar-refractivity contribution in [3.8, 4) is 17.9 Å². The summed E-state index contributed by atoms with van der Waals surface area (Å²) < 4.78 is 5.97. The number of fused-ring (bicyclic) bond motifs is 1. The molecule has 6 heteroatoms. The molecule has 2 aromatic carbocycles.